The number of thiophene rings is 1. The lowest BCUT2D eigenvalue weighted by Crippen LogP contribution is -2.15. The highest BCUT2D eigenvalue weighted by Crippen LogP contribution is 2.57. The van der Waals surface area contributed by atoms with E-state index < -0.39 is 0 Å². The second-order valence-electron chi connectivity index (χ2n) is 14.0. The van der Waals surface area contributed by atoms with Crippen molar-refractivity contribution in [2.45, 2.75) is 46.5 Å². The topological polar surface area (TPSA) is 0 Å². The maximum atomic E-state index is 4.41. The molecule has 0 nitrogen and oxygen atoms in total. The van der Waals surface area contributed by atoms with E-state index in [1.54, 1.807) is 6.08 Å². The van der Waals surface area contributed by atoms with Crippen LogP contribution < -0.4 is 0 Å². The molecule has 0 atom stereocenters. The molecule has 0 spiro atoms. The van der Waals surface area contributed by atoms with E-state index in [1.807, 2.05) is 23.5 Å². The zero-order valence-corrected chi connectivity index (χ0v) is 31.8. The molecule has 6 aromatic rings. The van der Waals surface area contributed by atoms with Crippen LogP contribution in [0.15, 0.2) is 176 Å². The second-order valence-corrected chi connectivity index (χ2v) is 15.1. The Hall–Kier alpha value is -5.50. The first kappa shape index (κ1) is 34.9. The highest BCUT2D eigenvalue weighted by molar-refractivity contribution is 7.26. The monoisotopic (exact) mass is 690 g/mol. The van der Waals surface area contributed by atoms with Crippen molar-refractivity contribution in [2.24, 2.45) is 0 Å². The fourth-order valence-electron chi connectivity index (χ4n) is 8.16. The zero-order valence-electron chi connectivity index (χ0n) is 31.0. The number of hydrogen-bond acceptors (Lipinski definition) is 1. The van der Waals surface area contributed by atoms with Crippen LogP contribution in [0, 0.1) is 0 Å². The Labute approximate surface area is 313 Å². The molecule has 7 rings (SSSR count). The Kier molecular flexibility index (Phi) is 9.82. The fourth-order valence-corrected chi connectivity index (χ4v) is 9.59. The average Bonchev–Trinajstić information content (AvgIpc) is 3.65. The molecule has 1 aliphatic carbocycles. The van der Waals surface area contributed by atoms with E-state index in [1.165, 1.54) is 75.3 Å². The molecule has 0 amide bonds. The maximum Gasteiger partial charge on any atom is 0.0408 e. The molecule has 1 aromatic heterocycles. The molecule has 0 bridgehead atoms. The van der Waals surface area contributed by atoms with Gasteiger partial charge >= 0.3 is 0 Å². The first-order valence-electron chi connectivity index (χ1n) is 18.2. The lowest BCUT2D eigenvalue weighted by Gasteiger charge is -2.23. The summed E-state index contributed by atoms with van der Waals surface area (Å²) in [6.45, 7) is 19.7. The van der Waals surface area contributed by atoms with Crippen LogP contribution in [0.25, 0.3) is 58.4 Å². The molecule has 0 N–H and O–H groups in total. The number of rotatable bonds is 7. The van der Waals surface area contributed by atoms with Gasteiger partial charge in [0.2, 0.25) is 0 Å². The summed E-state index contributed by atoms with van der Waals surface area (Å²) in [4.78, 5) is 0. The van der Waals surface area contributed by atoms with Crippen molar-refractivity contribution in [3.05, 3.63) is 198 Å². The Morgan fingerprint density at radius 1 is 0.731 bits per heavy atom. The summed E-state index contributed by atoms with van der Waals surface area (Å²) in [6.07, 6.45) is 16.1. The largest absolute Gasteiger partial charge is 0.135 e. The highest BCUT2D eigenvalue weighted by atomic mass is 32.1. The van der Waals surface area contributed by atoms with E-state index in [4.69, 9.17) is 0 Å². The van der Waals surface area contributed by atoms with Gasteiger partial charge in [-0.15, -0.1) is 11.3 Å². The van der Waals surface area contributed by atoms with Crippen molar-refractivity contribution in [3.63, 3.8) is 0 Å². The van der Waals surface area contributed by atoms with Crippen LogP contribution in [0.1, 0.15) is 63.3 Å². The quantitative estimate of drug-likeness (QED) is 0.146. The SMILES string of the molecule is C=C/C=C\C(=C)c1ccccccc(/C(C)=C/C(=C\C)C/C=C2\C(=C/C)C(C)(C)c3c2c2ccccc2c2c3sc3ccccc32)c2ccccc12. The summed E-state index contributed by atoms with van der Waals surface area (Å²) in [5.41, 5.74) is 11.2. The van der Waals surface area contributed by atoms with Gasteiger partial charge in [-0.2, -0.15) is 0 Å². The van der Waals surface area contributed by atoms with Crippen LogP contribution in [-0.2, 0) is 5.41 Å². The normalized spacial score (nSPS) is 16.0. The Balaban J connectivity index is 1.38. The molecule has 0 aliphatic heterocycles. The van der Waals surface area contributed by atoms with Gasteiger partial charge in [0.05, 0.1) is 0 Å². The smallest absolute Gasteiger partial charge is 0.0408 e. The van der Waals surface area contributed by atoms with E-state index in [0.717, 1.165) is 22.9 Å². The molecule has 0 saturated heterocycles. The van der Waals surface area contributed by atoms with Crippen LogP contribution in [0.3, 0.4) is 0 Å². The van der Waals surface area contributed by atoms with Gasteiger partial charge in [0.1, 0.15) is 0 Å². The third-order valence-corrected chi connectivity index (χ3v) is 11.8. The van der Waals surface area contributed by atoms with Gasteiger partial charge in [0, 0.05) is 25.6 Å². The van der Waals surface area contributed by atoms with Crippen molar-refractivity contribution < 1.29 is 0 Å². The Morgan fingerprint density at radius 3 is 2.00 bits per heavy atom. The molecule has 52 heavy (non-hydrogen) atoms. The molecular weight excluding hydrogens is 645 g/mol. The maximum absolute atomic E-state index is 4.41. The van der Waals surface area contributed by atoms with Gasteiger partial charge < -0.3 is 0 Å². The number of benzene rings is 4. The minimum absolute atomic E-state index is 0.123. The Morgan fingerprint density at radius 2 is 1.33 bits per heavy atom. The van der Waals surface area contributed by atoms with E-state index in [2.05, 4.69) is 181 Å². The van der Waals surface area contributed by atoms with Crippen molar-refractivity contribution in [2.75, 3.05) is 0 Å². The van der Waals surface area contributed by atoms with Crippen LogP contribution >= 0.6 is 11.3 Å². The van der Waals surface area contributed by atoms with Gasteiger partial charge in [-0.1, -0.05) is 173 Å². The molecule has 1 heteroatoms. The second kappa shape index (κ2) is 14.6. The molecule has 256 valence electrons. The molecular formula is C51H46S. The van der Waals surface area contributed by atoms with E-state index in [9.17, 15) is 0 Å². The summed E-state index contributed by atoms with van der Waals surface area (Å²) in [5.74, 6) is 0. The van der Waals surface area contributed by atoms with Crippen molar-refractivity contribution >= 4 is 69.8 Å². The van der Waals surface area contributed by atoms with E-state index in [-0.39, 0.29) is 5.41 Å². The summed E-state index contributed by atoms with van der Waals surface area (Å²) in [7, 11) is 0. The minimum Gasteiger partial charge on any atom is -0.135 e. The average molecular weight is 691 g/mol. The van der Waals surface area contributed by atoms with Crippen LogP contribution in [0.4, 0.5) is 0 Å². The van der Waals surface area contributed by atoms with Gasteiger partial charge in [-0.05, 0) is 105 Å². The van der Waals surface area contributed by atoms with Crippen molar-refractivity contribution in [3.8, 4) is 0 Å². The third-order valence-electron chi connectivity index (χ3n) is 10.6. The molecule has 0 fully saturated rings. The predicted octanol–water partition coefficient (Wildman–Crippen LogP) is 15.3. The molecule has 1 aliphatic rings. The van der Waals surface area contributed by atoms with E-state index in [0.29, 0.717) is 0 Å². The lowest BCUT2D eigenvalue weighted by atomic mass is 9.81. The molecule has 0 unspecified atom stereocenters. The molecule has 1 heterocycles. The summed E-state index contributed by atoms with van der Waals surface area (Å²) >= 11 is 1.95. The first-order valence-corrected chi connectivity index (χ1v) is 19.0. The van der Waals surface area contributed by atoms with Crippen molar-refractivity contribution in [1.82, 2.24) is 0 Å². The fraction of sp³-hybridized carbons (Fsp3) is 0.137. The molecule has 0 saturated carbocycles. The summed E-state index contributed by atoms with van der Waals surface area (Å²) in [6, 6.07) is 39.4. The van der Waals surface area contributed by atoms with Gasteiger partial charge in [0.15, 0.2) is 0 Å². The van der Waals surface area contributed by atoms with Gasteiger partial charge in [0.25, 0.3) is 0 Å². The molecule has 0 radical (unpaired) electrons. The minimum atomic E-state index is -0.123. The van der Waals surface area contributed by atoms with Gasteiger partial charge in [-0.25, -0.2) is 0 Å². The van der Waals surface area contributed by atoms with Crippen LogP contribution in [0.5, 0.6) is 0 Å². The standard InChI is InChI=1S/C51H46S/c1-8-11-22-34(4)37-23-14-12-13-15-24-38(40-26-17-16-25-39(37)40)35(5)33-36(9-2)31-32-43-45(10-3)51(6,7)49-47(43)41-27-18-19-28-42(41)48-44-29-20-21-30-46(44)52-50(48)49/h8-30,32-33H,1,4,31H2,2-3,5-7H3/b13-12?,14-12?,15-13?,22-11-,23-14?,24-15?,35-33+,36-9-,37-23?,38-24?,39-37?,40-38?,43-32+,45-10+. The summed E-state index contributed by atoms with van der Waals surface area (Å²) < 4.78 is 2.77. The van der Waals surface area contributed by atoms with Gasteiger partial charge in [-0.3, -0.25) is 0 Å². The van der Waals surface area contributed by atoms with Crippen molar-refractivity contribution in [1.29, 1.82) is 0 Å². The number of hydrogen-bond donors (Lipinski definition) is 0. The zero-order chi connectivity index (χ0) is 36.4. The van der Waals surface area contributed by atoms with E-state index >= 15 is 0 Å². The number of fused-ring (bicyclic) bond motifs is 9. The Bertz CT molecular complexity index is 2620. The third kappa shape index (κ3) is 6.10. The summed E-state index contributed by atoms with van der Waals surface area (Å²) in [5, 5.41) is 7.79. The van der Waals surface area contributed by atoms with Crippen LogP contribution in [0.2, 0.25) is 0 Å². The first-order chi connectivity index (χ1) is 25.3. The molecule has 5 aromatic carbocycles. The lowest BCUT2D eigenvalue weighted by molar-refractivity contribution is 0.667. The predicted molar refractivity (Wildman–Crippen MR) is 234 cm³/mol. The highest BCUT2D eigenvalue weighted by Gasteiger charge is 2.41. The number of allylic oxidation sites excluding steroid dienone is 12. The van der Waals surface area contributed by atoms with Crippen LogP contribution in [-0.4, -0.2) is 0 Å².